The third-order valence-electron chi connectivity index (χ3n) is 2.93. The highest BCUT2D eigenvalue weighted by Gasteiger charge is 2.23. The second kappa shape index (κ2) is 5.70. The normalized spacial score (nSPS) is 18.9. The van der Waals surface area contributed by atoms with E-state index < -0.39 is 0 Å². The summed E-state index contributed by atoms with van der Waals surface area (Å²) in [7, 11) is 0. The summed E-state index contributed by atoms with van der Waals surface area (Å²) in [6.07, 6.45) is 11.3. The Morgan fingerprint density at radius 3 is 2.71 bits per heavy atom. The zero-order valence-corrected chi connectivity index (χ0v) is 8.88. The van der Waals surface area contributed by atoms with Gasteiger partial charge in [-0.15, -0.1) is 12.3 Å². The molecule has 2 nitrogen and oxygen atoms in total. The minimum atomic E-state index is 0.174. The van der Waals surface area contributed by atoms with Crippen LogP contribution in [0.15, 0.2) is 0 Å². The Bertz CT molecular complexity index is 223. The second-order valence-corrected chi connectivity index (χ2v) is 4.00. The van der Waals surface area contributed by atoms with Crippen LogP contribution in [0.2, 0.25) is 0 Å². The van der Waals surface area contributed by atoms with Crippen LogP contribution in [-0.4, -0.2) is 11.9 Å². The molecule has 78 valence electrons. The molecule has 0 aromatic heterocycles. The molecule has 2 heteroatoms. The van der Waals surface area contributed by atoms with Gasteiger partial charge in [-0.05, 0) is 19.3 Å². The van der Waals surface area contributed by atoms with E-state index in [1.807, 2.05) is 0 Å². The van der Waals surface area contributed by atoms with Gasteiger partial charge in [-0.2, -0.15) is 0 Å². The lowest BCUT2D eigenvalue weighted by atomic mass is 10.1. The zero-order chi connectivity index (χ0) is 10.4. The maximum absolute atomic E-state index is 11.7. The van der Waals surface area contributed by atoms with Crippen LogP contribution < -0.4 is 5.32 Å². The molecule has 0 bridgehead atoms. The summed E-state index contributed by atoms with van der Waals surface area (Å²) >= 11 is 0. The number of carbonyl (C=O) groups is 1. The number of hydrogen-bond acceptors (Lipinski definition) is 1. The van der Waals surface area contributed by atoms with Gasteiger partial charge in [0.15, 0.2) is 0 Å². The van der Waals surface area contributed by atoms with Crippen LogP contribution in [0.5, 0.6) is 0 Å². The van der Waals surface area contributed by atoms with Crippen molar-refractivity contribution in [1.29, 1.82) is 0 Å². The van der Waals surface area contributed by atoms with Gasteiger partial charge in [-0.1, -0.05) is 19.8 Å². The van der Waals surface area contributed by atoms with Crippen LogP contribution in [0.1, 0.15) is 45.4 Å². The second-order valence-electron chi connectivity index (χ2n) is 4.00. The summed E-state index contributed by atoms with van der Waals surface area (Å²) in [5.41, 5.74) is 0. The quantitative estimate of drug-likeness (QED) is 0.681. The molecule has 14 heavy (non-hydrogen) atoms. The largest absolute Gasteiger partial charge is 0.352 e. The van der Waals surface area contributed by atoms with Crippen molar-refractivity contribution >= 4 is 5.91 Å². The van der Waals surface area contributed by atoms with Crippen molar-refractivity contribution in [1.82, 2.24) is 5.32 Å². The molecule has 1 amide bonds. The van der Waals surface area contributed by atoms with Gasteiger partial charge in [0, 0.05) is 18.4 Å². The molecule has 0 heterocycles. The van der Waals surface area contributed by atoms with E-state index in [-0.39, 0.29) is 17.9 Å². The molecule has 0 aromatic carbocycles. The minimum Gasteiger partial charge on any atom is -0.352 e. The Hall–Kier alpha value is -0.970. The summed E-state index contributed by atoms with van der Waals surface area (Å²) in [6, 6.07) is 0.174. The van der Waals surface area contributed by atoms with E-state index in [1.165, 1.54) is 12.8 Å². The molecular formula is C12H19NO. The fraction of sp³-hybridized carbons (Fsp3) is 0.750. The number of amides is 1. The molecule has 1 saturated carbocycles. The molecule has 0 aliphatic heterocycles. The summed E-state index contributed by atoms with van der Waals surface area (Å²) in [5, 5.41) is 3.03. The van der Waals surface area contributed by atoms with E-state index in [0.29, 0.717) is 6.42 Å². The molecular weight excluding hydrogens is 174 g/mol. The highest BCUT2D eigenvalue weighted by atomic mass is 16.1. The SMILES string of the molecule is C#CCC(CC)NC(=O)C1CCCC1. The first-order chi connectivity index (χ1) is 6.77. The van der Waals surface area contributed by atoms with Crippen molar-refractivity contribution in [3.05, 3.63) is 0 Å². The Balaban J connectivity index is 2.34. The first-order valence-corrected chi connectivity index (χ1v) is 5.51. The summed E-state index contributed by atoms with van der Waals surface area (Å²) in [4.78, 5) is 11.7. The fourth-order valence-corrected chi connectivity index (χ4v) is 1.95. The van der Waals surface area contributed by atoms with Gasteiger partial charge >= 0.3 is 0 Å². The topological polar surface area (TPSA) is 29.1 Å². The number of rotatable bonds is 4. The number of terminal acetylenes is 1. The van der Waals surface area contributed by atoms with Crippen LogP contribution in [-0.2, 0) is 4.79 Å². The molecule has 0 aromatic rings. The third kappa shape index (κ3) is 3.06. The Labute approximate surface area is 86.5 Å². The van der Waals surface area contributed by atoms with E-state index in [0.717, 1.165) is 19.3 Å². The van der Waals surface area contributed by atoms with Crippen LogP contribution >= 0.6 is 0 Å². The van der Waals surface area contributed by atoms with Gasteiger partial charge in [-0.3, -0.25) is 4.79 Å². The maximum Gasteiger partial charge on any atom is 0.223 e. The van der Waals surface area contributed by atoms with E-state index in [4.69, 9.17) is 6.42 Å². The first-order valence-electron chi connectivity index (χ1n) is 5.51. The molecule has 1 aliphatic rings. The van der Waals surface area contributed by atoms with E-state index in [2.05, 4.69) is 18.2 Å². The summed E-state index contributed by atoms with van der Waals surface area (Å²) in [6.45, 7) is 2.05. The van der Waals surface area contributed by atoms with Crippen LogP contribution in [0.4, 0.5) is 0 Å². The number of carbonyl (C=O) groups excluding carboxylic acids is 1. The van der Waals surface area contributed by atoms with Gasteiger partial charge in [0.2, 0.25) is 5.91 Å². The van der Waals surface area contributed by atoms with Gasteiger partial charge in [0.05, 0.1) is 0 Å². The van der Waals surface area contributed by atoms with Gasteiger partial charge < -0.3 is 5.32 Å². The van der Waals surface area contributed by atoms with E-state index >= 15 is 0 Å². The molecule has 1 aliphatic carbocycles. The van der Waals surface area contributed by atoms with Crippen molar-refractivity contribution < 1.29 is 4.79 Å². The highest BCUT2D eigenvalue weighted by molar-refractivity contribution is 5.79. The Morgan fingerprint density at radius 2 is 2.21 bits per heavy atom. The van der Waals surface area contributed by atoms with Gasteiger partial charge in [-0.25, -0.2) is 0 Å². The molecule has 0 saturated heterocycles. The van der Waals surface area contributed by atoms with Gasteiger partial charge in [0.1, 0.15) is 0 Å². The van der Waals surface area contributed by atoms with Crippen molar-refractivity contribution in [3.8, 4) is 12.3 Å². The average Bonchev–Trinajstić information content (AvgIpc) is 2.69. The zero-order valence-electron chi connectivity index (χ0n) is 8.88. The number of hydrogen-bond donors (Lipinski definition) is 1. The molecule has 0 spiro atoms. The molecule has 1 N–H and O–H groups in total. The first kappa shape index (κ1) is 11.1. The Kier molecular flexibility index (Phi) is 4.52. The summed E-state index contributed by atoms with van der Waals surface area (Å²) < 4.78 is 0. The third-order valence-corrected chi connectivity index (χ3v) is 2.93. The molecule has 1 unspecified atom stereocenters. The monoisotopic (exact) mass is 193 g/mol. The van der Waals surface area contributed by atoms with Crippen LogP contribution in [0.25, 0.3) is 0 Å². The van der Waals surface area contributed by atoms with Crippen molar-refractivity contribution in [2.24, 2.45) is 5.92 Å². The smallest absolute Gasteiger partial charge is 0.223 e. The molecule has 1 rings (SSSR count). The molecule has 0 radical (unpaired) electrons. The van der Waals surface area contributed by atoms with Crippen molar-refractivity contribution in [2.45, 2.75) is 51.5 Å². The maximum atomic E-state index is 11.7. The predicted octanol–water partition coefficient (Wildman–Crippen LogP) is 2.09. The van der Waals surface area contributed by atoms with Crippen molar-refractivity contribution in [3.63, 3.8) is 0 Å². The lowest BCUT2D eigenvalue weighted by Crippen LogP contribution is -2.37. The lowest BCUT2D eigenvalue weighted by molar-refractivity contribution is -0.125. The van der Waals surface area contributed by atoms with Crippen LogP contribution in [0, 0.1) is 18.3 Å². The summed E-state index contributed by atoms with van der Waals surface area (Å²) in [5.74, 6) is 3.06. The molecule has 1 fully saturated rings. The van der Waals surface area contributed by atoms with E-state index in [1.54, 1.807) is 0 Å². The van der Waals surface area contributed by atoms with Crippen molar-refractivity contribution in [2.75, 3.05) is 0 Å². The average molecular weight is 193 g/mol. The predicted molar refractivity (Wildman–Crippen MR) is 57.6 cm³/mol. The van der Waals surface area contributed by atoms with E-state index in [9.17, 15) is 4.79 Å². The fourth-order valence-electron chi connectivity index (χ4n) is 1.95. The highest BCUT2D eigenvalue weighted by Crippen LogP contribution is 2.24. The number of nitrogens with one attached hydrogen (secondary N) is 1. The Morgan fingerprint density at radius 1 is 1.57 bits per heavy atom. The minimum absolute atomic E-state index is 0.174. The standard InChI is InChI=1S/C12H19NO/c1-3-7-11(4-2)13-12(14)10-8-5-6-9-10/h1,10-11H,4-9H2,2H3,(H,13,14). The lowest BCUT2D eigenvalue weighted by Gasteiger charge is -2.17. The van der Waals surface area contributed by atoms with Gasteiger partial charge in [0.25, 0.3) is 0 Å². The van der Waals surface area contributed by atoms with Crippen LogP contribution in [0.3, 0.4) is 0 Å². The molecule has 1 atom stereocenters.